The molecule has 2 aliphatic heterocycles. The molecule has 5 heteroatoms. The number of hydrogen-bond donors (Lipinski definition) is 0. The van der Waals surface area contributed by atoms with Crippen LogP contribution in [0, 0.1) is 0 Å². The van der Waals surface area contributed by atoms with Crippen LogP contribution in [0.2, 0.25) is 0 Å². The largest absolute Gasteiger partial charge is 0.496 e. The second kappa shape index (κ2) is 5.39. The normalized spacial score (nSPS) is 25.0. The minimum atomic E-state index is -0.465. The maximum atomic E-state index is 12.7. The molecular weight excluding hydrogens is 270 g/mol. The lowest BCUT2D eigenvalue weighted by atomic mass is 9.89. The first-order valence-electron chi connectivity index (χ1n) is 7.28. The molecule has 2 heterocycles. The smallest absolute Gasteiger partial charge is 0.306 e. The van der Waals surface area contributed by atoms with Gasteiger partial charge in [0.05, 0.1) is 19.2 Å². The van der Waals surface area contributed by atoms with Gasteiger partial charge in [0, 0.05) is 13.0 Å². The van der Waals surface area contributed by atoms with Crippen LogP contribution in [-0.4, -0.2) is 42.6 Å². The van der Waals surface area contributed by atoms with Gasteiger partial charge in [0.25, 0.3) is 5.91 Å². The van der Waals surface area contributed by atoms with Gasteiger partial charge in [0.1, 0.15) is 11.4 Å². The minimum Gasteiger partial charge on any atom is -0.496 e. The zero-order chi connectivity index (χ0) is 14.9. The Hall–Kier alpha value is -2.04. The van der Waals surface area contributed by atoms with E-state index in [0.717, 1.165) is 12.8 Å². The maximum Gasteiger partial charge on any atom is 0.306 e. The summed E-state index contributed by atoms with van der Waals surface area (Å²) in [6, 6.07) is 7.21. The van der Waals surface area contributed by atoms with Crippen molar-refractivity contribution in [3.05, 3.63) is 29.8 Å². The Morgan fingerprint density at radius 2 is 2.14 bits per heavy atom. The summed E-state index contributed by atoms with van der Waals surface area (Å²) in [6.45, 7) is 1.17. The third-order valence-corrected chi connectivity index (χ3v) is 4.28. The van der Waals surface area contributed by atoms with Crippen molar-refractivity contribution >= 4 is 11.9 Å². The Morgan fingerprint density at radius 1 is 1.33 bits per heavy atom. The molecule has 0 N–H and O–H groups in total. The molecule has 0 aliphatic carbocycles. The number of hydrogen-bond acceptors (Lipinski definition) is 4. The third-order valence-electron chi connectivity index (χ3n) is 4.28. The summed E-state index contributed by atoms with van der Waals surface area (Å²) < 4.78 is 10.8. The number of esters is 1. The highest BCUT2D eigenvalue weighted by atomic mass is 16.6. The molecular formula is C16H19NO4. The van der Waals surface area contributed by atoms with E-state index < -0.39 is 5.60 Å². The number of methoxy groups -OCH3 is 1. The number of benzene rings is 1. The number of amides is 1. The molecule has 2 fully saturated rings. The van der Waals surface area contributed by atoms with Gasteiger partial charge in [-0.15, -0.1) is 0 Å². The Bertz CT molecular complexity index is 571. The topological polar surface area (TPSA) is 55.8 Å². The van der Waals surface area contributed by atoms with Crippen molar-refractivity contribution in [2.24, 2.45) is 0 Å². The Morgan fingerprint density at radius 3 is 2.86 bits per heavy atom. The number of likely N-dealkylation sites (tertiary alicyclic amines) is 1. The lowest BCUT2D eigenvalue weighted by Gasteiger charge is -2.39. The standard InChI is InChI=1S/C16H19NO4/c1-20-13-6-3-2-5-12(13)15(19)17-10-4-8-16(11-17)9-7-14(18)21-16/h2-3,5-6H,4,7-11H2,1H3/t16-/m1/s1. The van der Waals surface area contributed by atoms with Crippen LogP contribution < -0.4 is 4.74 Å². The number of para-hydroxylation sites is 1. The van der Waals surface area contributed by atoms with Crippen molar-refractivity contribution < 1.29 is 19.1 Å². The minimum absolute atomic E-state index is 0.0607. The summed E-state index contributed by atoms with van der Waals surface area (Å²) in [5.41, 5.74) is 0.0916. The fourth-order valence-corrected chi connectivity index (χ4v) is 3.22. The summed E-state index contributed by atoms with van der Waals surface area (Å²) >= 11 is 0. The molecule has 5 nitrogen and oxygen atoms in total. The van der Waals surface area contributed by atoms with Gasteiger partial charge in [-0.3, -0.25) is 9.59 Å². The van der Waals surface area contributed by atoms with Gasteiger partial charge in [0.15, 0.2) is 0 Å². The van der Waals surface area contributed by atoms with E-state index in [1.54, 1.807) is 24.1 Å². The van der Waals surface area contributed by atoms with Crippen LogP contribution in [0.5, 0.6) is 5.75 Å². The molecule has 0 bridgehead atoms. The number of carbonyl (C=O) groups is 2. The molecule has 1 atom stereocenters. The van der Waals surface area contributed by atoms with Crippen molar-refractivity contribution in [2.45, 2.75) is 31.3 Å². The predicted octanol–water partition coefficient (Wildman–Crippen LogP) is 2.01. The first-order valence-corrected chi connectivity index (χ1v) is 7.28. The highest BCUT2D eigenvalue weighted by molar-refractivity contribution is 5.97. The second-order valence-corrected chi connectivity index (χ2v) is 5.69. The SMILES string of the molecule is COc1ccccc1C(=O)N1CCC[C@@]2(CCC(=O)O2)C1. The number of carbonyl (C=O) groups excluding carboxylic acids is 2. The van der Waals surface area contributed by atoms with Gasteiger partial charge >= 0.3 is 5.97 Å². The highest BCUT2D eigenvalue weighted by Gasteiger charge is 2.44. The van der Waals surface area contributed by atoms with Gasteiger partial charge in [0.2, 0.25) is 0 Å². The fourth-order valence-electron chi connectivity index (χ4n) is 3.22. The van der Waals surface area contributed by atoms with Crippen LogP contribution in [0.4, 0.5) is 0 Å². The lowest BCUT2D eigenvalue weighted by molar-refractivity contribution is -0.151. The van der Waals surface area contributed by atoms with Crippen molar-refractivity contribution in [3.63, 3.8) is 0 Å². The molecule has 3 rings (SSSR count). The fraction of sp³-hybridized carbons (Fsp3) is 0.500. The molecule has 0 radical (unpaired) electrons. The van der Waals surface area contributed by atoms with Crippen molar-refractivity contribution in [1.29, 1.82) is 0 Å². The number of nitrogens with zero attached hydrogens (tertiary/aromatic N) is 1. The average Bonchev–Trinajstić information content (AvgIpc) is 2.86. The second-order valence-electron chi connectivity index (χ2n) is 5.69. The van der Waals surface area contributed by atoms with E-state index in [1.165, 1.54) is 0 Å². The molecule has 0 aromatic heterocycles. The van der Waals surface area contributed by atoms with Crippen LogP contribution >= 0.6 is 0 Å². The molecule has 2 saturated heterocycles. The molecule has 0 unspecified atom stereocenters. The molecule has 1 aromatic carbocycles. The van der Waals surface area contributed by atoms with Crippen LogP contribution in [0.1, 0.15) is 36.0 Å². The van der Waals surface area contributed by atoms with E-state index in [9.17, 15) is 9.59 Å². The van der Waals surface area contributed by atoms with Gasteiger partial charge in [-0.25, -0.2) is 0 Å². The van der Waals surface area contributed by atoms with E-state index >= 15 is 0 Å². The Labute approximate surface area is 123 Å². The predicted molar refractivity (Wildman–Crippen MR) is 76.2 cm³/mol. The van der Waals surface area contributed by atoms with Crippen molar-refractivity contribution in [3.8, 4) is 5.75 Å². The molecule has 0 saturated carbocycles. The molecule has 21 heavy (non-hydrogen) atoms. The maximum absolute atomic E-state index is 12.7. The zero-order valence-electron chi connectivity index (χ0n) is 12.1. The van der Waals surface area contributed by atoms with E-state index in [4.69, 9.17) is 9.47 Å². The number of rotatable bonds is 2. The number of piperidine rings is 1. The first kappa shape index (κ1) is 13.9. The van der Waals surface area contributed by atoms with Crippen LogP contribution in [0.25, 0.3) is 0 Å². The van der Waals surface area contributed by atoms with E-state index in [2.05, 4.69) is 0 Å². The molecule has 1 aromatic rings. The zero-order valence-corrected chi connectivity index (χ0v) is 12.1. The first-order chi connectivity index (χ1) is 10.1. The molecule has 112 valence electrons. The molecule has 1 amide bonds. The Balaban J connectivity index is 1.80. The van der Waals surface area contributed by atoms with E-state index in [-0.39, 0.29) is 11.9 Å². The summed E-state index contributed by atoms with van der Waals surface area (Å²) in [4.78, 5) is 25.9. The Kier molecular flexibility index (Phi) is 3.57. The summed E-state index contributed by atoms with van der Waals surface area (Å²) in [5.74, 6) is 0.363. The van der Waals surface area contributed by atoms with Gasteiger partial charge < -0.3 is 14.4 Å². The quantitative estimate of drug-likeness (QED) is 0.781. The molecule has 2 aliphatic rings. The van der Waals surface area contributed by atoms with Gasteiger partial charge in [-0.1, -0.05) is 12.1 Å². The van der Waals surface area contributed by atoms with Gasteiger partial charge in [-0.05, 0) is 31.4 Å². The summed E-state index contributed by atoms with van der Waals surface area (Å²) in [7, 11) is 1.56. The summed E-state index contributed by atoms with van der Waals surface area (Å²) in [6.07, 6.45) is 2.86. The third kappa shape index (κ3) is 2.60. The van der Waals surface area contributed by atoms with Gasteiger partial charge in [-0.2, -0.15) is 0 Å². The van der Waals surface area contributed by atoms with Crippen molar-refractivity contribution in [1.82, 2.24) is 4.90 Å². The monoisotopic (exact) mass is 289 g/mol. The van der Waals surface area contributed by atoms with Crippen LogP contribution in [-0.2, 0) is 9.53 Å². The number of ether oxygens (including phenoxy) is 2. The van der Waals surface area contributed by atoms with Crippen LogP contribution in [0.3, 0.4) is 0 Å². The highest BCUT2D eigenvalue weighted by Crippen LogP contribution is 2.36. The van der Waals surface area contributed by atoms with Crippen LogP contribution in [0.15, 0.2) is 24.3 Å². The van der Waals surface area contributed by atoms with E-state index in [1.807, 2.05) is 12.1 Å². The van der Waals surface area contributed by atoms with Crippen molar-refractivity contribution in [2.75, 3.05) is 20.2 Å². The van der Waals surface area contributed by atoms with E-state index in [0.29, 0.717) is 37.2 Å². The lowest BCUT2D eigenvalue weighted by Crippen LogP contribution is -2.50. The average molecular weight is 289 g/mol. The molecule has 1 spiro atoms. The summed E-state index contributed by atoms with van der Waals surface area (Å²) in [5, 5.41) is 0.